The Morgan fingerprint density at radius 1 is 1.00 bits per heavy atom. The van der Waals surface area contributed by atoms with Gasteiger partial charge in [-0.15, -0.1) is 0 Å². The predicted octanol–water partition coefficient (Wildman–Crippen LogP) is 5.55. The van der Waals surface area contributed by atoms with Gasteiger partial charge in [-0.2, -0.15) is 5.10 Å². The Morgan fingerprint density at radius 3 is 2.34 bits per heavy atom. The van der Waals surface area contributed by atoms with Crippen LogP contribution < -0.4 is 10.1 Å². The van der Waals surface area contributed by atoms with Crippen LogP contribution in [0.5, 0.6) is 5.75 Å². The molecule has 4 nitrogen and oxygen atoms in total. The first-order valence-electron chi connectivity index (χ1n) is 9.58. The molecule has 0 saturated carbocycles. The molecule has 1 N–H and O–H groups in total. The first-order valence-corrected chi connectivity index (χ1v) is 9.98. The summed E-state index contributed by atoms with van der Waals surface area (Å²) in [6.07, 6.45) is 0.784. The Morgan fingerprint density at radius 2 is 1.69 bits per heavy atom. The number of methoxy groups -OCH3 is 1. The van der Waals surface area contributed by atoms with Crippen LogP contribution in [0.4, 0.5) is 5.69 Å². The minimum absolute atomic E-state index is 0.0286. The highest BCUT2D eigenvalue weighted by Gasteiger charge is 2.31. The first-order chi connectivity index (χ1) is 14.1. The van der Waals surface area contributed by atoms with Gasteiger partial charge in [0.1, 0.15) is 5.75 Å². The fourth-order valence-electron chi connectivity index (χ4n) is 3.41. The van der Waals surface area contributed by atoms with E-state index in [4.69, 9.17) is 22.1 Å². The quantitative estimate of drug-likeness (QED) is 0.582. The number of anilines is 1. The second kappa shape index (κ2) is 8.45. The minimum atomic E-state index is 0.0286. The molecule has 3 aromatic rings. The van der Waals surface area contributed by atoms with Crippen molar-refractivity contribution < 1.29 is 4.74 Å². The summed E-state index contributed by atoms with van der Waals surface area (Å²) in [6, 6.07) is 26.6. The Labute approximate surface area is 176 Å². The summed E-state index contributed by atoms with van der Waals surface area (Å²) in [5, 5.41) is 10.7. The van der Waals surface area contributed by atoms with Crippen molar-refractivity contribution in [2.24, 2.45) is 5.10 Å². The molecular weight excluding hydrogens is 378 g/mol. The lowest BCUT2D eigenvalue weighted by Crippen LogP contribution is -2.31. The van der Waals surface area contributed by atoms with E-state index in [1.807, 2.05) is 47.5 Å². The van der Waals surface area contributed by atoms with Gasteiger partial charge in [0.25, 0.3) is 0 Å². The van der Waals surface area contributed by atoms with Crippen molar-refractivity contribution in [2.75, 3.05) is 12.4 Å². The molecular formula is C24H23N3OS. The highest BCUT2D eigenvalue weighted by Crippen LogP contribution is 2.34. The number of rotatable bonds is 4. The maximum atomic E-state index is 5.73. The lowest BCUT2D eigenvalue weighted by Gasteiger charge is -2.25. The number of ether oxygens (including phenoxy) is 1. The van der Waals surface area contributed by atoms with Gasteiger partial charge in [-0.05, 0) is 54.5 Å². The van der Waals surface area contributed by atoms with E-state index in [9.17, 15) is 0 Å². The van der Waals surface area contributed by atoms with E-state index in [1.54, 1.807) is 7.11 Å². The molecule has 1 atom stereocenters. The van der Waals surface area contributed by atoms with Crippen molar-refractivity contribution in [3.63, 3.8) is 0 Å². The van der Waals surface area contributed by atoms with Crippen LogP contribution in [0.15, 0.2) is 84.0 Å². The summed E-state index contributed by atoms with van der Waals surface area (Å²) < 4.78 is 5.31. The third-order valence-corrected chi connectivity index (χ3v) is 5.32. The highest BCUT2D eigenvalue weighted by molar-refractivity contribution is 7.80. The summed E-state index contributed by atoms with van der Waals surface area (Å²) in [6.45, 7) is 2.09. The molecule has 0 aliphatic carbocycles. The van der Waals surface area contributed by atoms with E-state index in [0.717, 1.165) is 34.7 Å². The number of hydrazone groups is 1. The average Bonchev–Trinajstić information content (AvgIpc) is 3.21. The lowest BCUT2D eigenvalue weighted by molar-refractivity contribution is 0.374. The predicted molar refractivity (Wildman–Crippen MR) is 123 cm³/mol. The molecule has 29 heavy (non-hydrogen) atoms. The van der Waals surface area contributed by atoms with Crippen LogP contribution in [-0.4, -0.2) is 22.9 Å². The molecule has 0 spiro atoms. The van der Waals surface area contributed by atoms with Crippen molar-refractivity contribution in [2.45, 2.75) is 19.4 Å². The van der Waals surface area contributed by atoms with E-state index in [1.165, 1.54) is 5.56 Å². The van der Waals surface area contributed by atoms with Crippen LogP contribution >= 0.6 is 12.2 Å². The molecule has 1 heterocycles. The van der Waals surface area contributed by atoms with Crippen LogP contribution in [0.3, 0.4) is 0 Å². The van der Waals surface area contributed by atoms with Gasteiger partial charge in [-0.25, -0.2) is 5.01 Å². The summed E-state index contributed by atoms with van der Waals surface area (Å²) in [5.41, 5.74) is 5.48. The molecule has 5 heteroatoms. The summed E-state index contributed by atoms with van der Waals surface area (Å²) >= 11 is 5.73. The molecule has 1 aliphatic heterocycles. The number of nitrogens with zero attached hydrogens (tertiary/aromatic N) is 2. The minimum Gasteiger partial charge on any atom is -0.497 e. The molecule has 0 radical (unpaired) electrons. The van der Waals surface area contributed by atoms with Gasteiger partial charge in [0.15, 0.2) is 5.11 Å². The number of benzene rings is 3. The van der Waals surface area contributed by atoms with Crippen molar-refractivity contribution in [3.05, 3.63) is 95.6 Å². The zero-order valence-corrected chi connectivity index (χ0v) is 17.3. The summed E-state index contributed by atoms with van der Waals surface area (Å²) in [4.78, 5) is 0. The largest absolute Gasteiger partial charge is 0.497 e. The number of aryl methyl sites for hydroxylation is 1. The lowest BCUT2D eigenvalue weighted by atomic mass is 9.98. The average molecular weight is 402 g/mol. The van der Waals surface area contributed by atoms with Gasteiger partial charge in [0.05, 0.1) is 18.9 Å². The number of para-hydroxylation sites is 1. The standard InChI is InChI=1S/C24H23N3OS/c1-17-8-10-18(11-9-17)22-16-23(19-12-14-21(28-2)15-13-19)27(26-22)24(29)25-20-6-4-3-5-7-20/h3-15,23H,16H2,1-2H3,(H,25,29)/t23-/m1/s1. The first kappa shape index (κ1) is 19.2. The van der Waals surface area contributed by atoms with Gasteiger partial charge in [-0.3, -0.25) is 0 Å². The Balaban J connectivity index is 1.64. The van der Waals surface area contributed by atoms with Gasteiger partial charge < -0.3 is 10.1 Å². The highest BCUT2D eigenvalue weighted by atomic mass is 32.1. The molecule has 0 amide bonds. The third-order valence-electron chi connectivity index (χ3n) is 5.03. The fourth-order valence-corrected chi connectivity index (χ4v) is 3.69. The van der Waals surface area contributed by atoms with E-state index < -0.39 is 0 Å². The molecule has 0 bridgehead atoms. The zero-order valence-electron chi connectivity index (χ0n) is 16.5. The van der Waals surface area contributed by atoms with E-state index in [0.29, 0.717) is 5.11 Å². The second-order valence-corrected chi connectivity index (χ2v) is 7.43. The maximum absolute atomic E-state index is 5.73. The number of hydrogen-bond donors (Lipinski definition) is 1. The summed E-state index contributed by atoms with van der Waals surface area (Å²) in [5.74, 6) is 0.836. The second-order valence-electron chi connectivity index (χ2n) is 7.05. The van der Waals surface area contributed by atoms with Crippen molar-refractivity contribution in [1.29, 1.82) is 0 Å². The van der Waals surface area contributed by atoms with Crippen LogP contribution in [0, 0.1) is 6.92 Å². The van der Waals surface area contributed by atoms with E-state index in [-0.39, 0.29) is 6.04 Å². The third kappa shape index (κ3) is 4.30. The van der Waals surface area contributed by atoms with Gasteiger partial charge in [-0.1, -0.05) is 60.2 Å². The normalized spacial score (nSPS) is 15.7. The van der Waals surface area contributed by atoms with E-state index >= 15 is 0 Å². The van der Waals surface area contributed by atoms with Gasteiger partial charge in [0.2, 0.25) is 0 Å². The summed E-state index contributed by atoms with van der Waals surface area (Å²) in [7, 11) is 1.67. The van der Waals surface area contributed by atoms with Crippen molar-refractivity contribution in [3.8, 4) is 5.75 Å². The number of hydrogen-bond acceptors (Lipinski definition) is 3. The number of nitrogens with one attached hydrogen (secondary N) is 1. The van der Waals surface area contributed by atoms with Gasteiger partial charge in [0, 0.05) is 12.1 Å². The maximum Gasteiger partial charge on any atom is 0.194 e. The van der Waals surface area contributed by atoms with Crippen LogP contribution in [0.25, 0.3) is 0 Å². The molecule has 0 aromatic heterocycles. The van der Waals surface area contributed by atoms with Crippen LogP contribution in [-0.2, 0) is 0 Å². The SMILES string of the molecule is COc1ccc([C@H]2CC(c3ccc(C)cc3)=NN2C(=S)Nc2ccccc2)cc1. The Kier molecular flexibility index (Phi) is 5.58. The molecule has 0 saturated heterocycles. The smallest absolute Gasteiger partial charge is 0.194 e. The molecule has 3 aromatic carbocycles. The fraction of sp³-hybridized carbons (Fsp3) is 0.167. The van der Waals surface area contributed by atoms with E-state index in [2.05, 4.69) is 48.6 Å². The Bertz CT molecular complexity index is 1010. The zero-order chi connectivity index (χ0) is 20.2. The molecule has 146 valence electrons. The molecule has 4 rings (SSSR count). The van der Waals surface area contributed by atoms with Gasteiger partial charge >= 0.3 is 0 Å². The van der Waals surface area contributed by atoms with Crippen molar-refractivity contribution in [1.82, 2.24) is 5.01 Å². The molecule has 0 unspecified atom stereocenters. The molecule has 1 aliphatic rings. The van der Waals surface area contributed by atoms with Crippen molar-refractivity contribution >= 4 is 28.7 Å². The topological polar surface area (TPSA) is 36.9 Å². The Hall–Kier alpha value is -3.18. The molecule has 0 fully saturated rings. The van der Waals surface area contributed by atoms with Crippen LogP contribution in [0.1, 0.15) is 29.2 Å². The number of thiocarbonyl (C=S) groups is 1. The van der Waals surface area contributed by atoms with Crippen LogP contribution in [0.2, 0.25) is 0 Å². The monoisotopic (exact) mass is 401 g/mol.